The van der Waals surface area contributed by atoms with Gasteiger partial charge in [-0.1, -0.05) is 12.8 Å². The number of hydrogen-bond donors (Lipinski definition) is 1. The molecule has 1 aromatic heterocycles. The van der Waals surface area contributed by atoms with Gasteiger partial charge in [-0.05, 0) is 69.3 Å². The van der Waals surface area contributed by atoms with Crippen molar-refractivity contribution in [2.24, 2.45) is 0 Å². The van der Waals surface area contributed by atoms with Crippen molar-refractivity contribution in [1.29, 1.82) is 0 Å². The molecule has 0 saturated carbocycles. The van der Waals surface area contributed by atoms with Gasteiger partial charge in [0.2, 0.25) is 5.78 Å². The van der Waals surface area contributed by atoms with Gasteiger partial charge in [0, 0.05) is 41.3 Å². The van der Waals surface area contributed by atoms with Crippen LogP contribution in [0.2, 0.25) is 0 Å². The SMILES string of the molecule is COc1ccc2c(c1)c(/C=C1\Oc3cc(O)ccc3C1=O)c(C)n2CCN1CCCCCC1. The van der Waals surface area contributed by atoms with E-state index in [1.54, 1.807) is 13.2 Å². The Morgan fingerprint density at radius 2 is 1.85 bits per heavy atom. The number of aromatic hydroxyl groups is 1. The van der Waals surface area contributed by atoms with Crippen LogP contribution in [-0.2, 0) is 6.54 Å². The number of hydrogen-bond acceptors (Lipinski definition) is 5. The average molecular weight is 447 g/mol. The van der Waals surface area contributed by atoms with Gasteiger partial charge in [0.1, 0.15) is 17.2 Å². The lowest BCUT2D eigenvalue weighted by Crippen LogP contribution is -2.28. The maximum Gasteiger partial charge on any atom is 0.231 e. The molecule has 6 nitrogen and oxygen atoms in total. The van der Waals surface area contributed by atoms with Gasteiger partial charge < -0.3 is 24.0 Å². The highest BCUT2D eigenvalue weighted by Crippen LogP contribution is 2.37. The first-order chi connectivity index (χ1) is 16.0. The van der Waals surface area contributed by atoms with Gasteiger partial charge >= 0.3 is 0 Å². The lowest BCUT2D eigenvalue weighted by molar-refractivity contribution is 0.101. The highest BCUT2D eigenvalue weighted by Gasteiger charge is 2.28. The summed E-state index contributed by atoms with van der Waals surface area (Å²) in [5.74, 6) is 1.35. The minimum absolute atomic E-state index is 0.0776. The van der Waals surface area contributed by atoms with Crippen LogP contribution in [0.3, 0.4) is 0 Å². The molecule has 0 spiro atoms. The van der Waals surface area contributed by atoms with Crippen LogP contribution in [0.4, 0.5) is 0 Å². The molecule has 3 aromatic rings. The Kier molecular flexibility index (Phi) is 5.85. The van der Waals surface area contributed by atoms with E-state index in [4.69, 9.17) is 9.47 Å². The monoisotopic (exact) mass is 446 g/mol. The molecule has 0 unspecified atom stereocenters. The number of methoxy groups -OCH3 is 1. The second-order valence-electron chi connectivity index (χ2n) is 8.91. The van der Waals surface area contributed by atoms with E-state index in [2.05, 4.69) is 22.5 Å². The van der Waals surface area contributed by atoms with Crippen LogP contribution < -0.4 is 9.47 Å². The Morgan fingerprint density at radius 1 is 1.06 bits per heavy atom. The third-order valence-corrected chi connectivity index (χ3v) is 6.85. The fraction of sp³-hybridized carbons (Fsp3) is 0.370. The molecule has 5 rings (SSSR count). The smallest absolute Gasteiger partial charge is 0.231 e. The van der Waals surface area contributed by atoms with Crippen molar-refractivity contribution in [2.75, 3.05) is 26.7 Å². The van der Waals surface area contributed by atoms with Crippen LogP contribution >= 0.6 is 0 Å². The second-order valence-corrected chi connectivity index (χ2v) is 8.91. The summed E-state index contributed by atoms with van der Waals surface area (Å²) in [6.45, 7) is 6.32. The number of ether oxygens (including phenoxy) is 2. The van der Waals surface area contributed by atoms with E-state index in [1.807, 2.05) is 18.2 Å². The molecule has 33 heavy (non-hydrogen) atoms. The topological polar surface area (TPSA) is 63.9 Å². The van der Waals surface area contributed by atoms with Crippen molar-refractivity contribution in [3.8, 4) is 17.2 Å². The fourth-order valence-corrected chi connectivity index (χ4v) is 4.99. The van der Waals surface area contributed by atoms with Gasteiger partial charge in [-0.15, -0.1) is 0 Å². The molecule has 3 heterocycles. The fourth-order valence-electron chi connectivity index (χ4n) is 4.99. The van der Waals surface area contributed by atoms with Crippen LogP contribution in [-0.4, -0.2) is 47.1 Å². The van der Waals surface area contributed by atoms with Crippen LogP contribution in [0.25, 0.3) is 17.0 Å². The summed E-state index contributed by atoms with van der Waals surface area (Å²) in [6.07, 6.45) is 7.03. The highest BCUT2D eigenvalue weighted by molar-refractivity contribution is 6.15. The zero-order valence-electron chi connectivity index (χ0n) is 19.3. The summed E-state index contributed by atoms with van der Waals surface area (Å²) in [6, 6.07) is 10.7. The Balaban J connectivity index is 1.52. The lowest BCUT2D eigenvalue weighted by atomic mass is 10.1. The molecule has 1 saturated heterocycles. The van der Waals surface area contributed by atoms with Crippen molar-refractivity contribution in [3.63, 3.8) is 0 Å². The molecule has 172 valence electrons. The number of likely N-dealkylation sites (tertiary alicyclic amines) is 1. The van der Waals surface area contributed by atoms with Crippen LogP contribution in [0.1, 0.15) is 47.3 Å². The quantitative estimate of drug-likeness (QED) is 0.549. The zero-order valence-corrected chi connectivity index (χ0v) is 19.3. The predicted octanol–water partition coefficient (Wildman–Crippen LogP) is 5.16. The number of rotatable bonds is 5. The number of phenolic OH excluding ortho intramolecular Hbond substituents is 1. The van der Waals surface area contributed by atoms with Crippen LogP contribution in [0.5, 0.6) is 17.2 Å². The van der Waals surface area contributed by atoms with Crippen molar-refractivity contribution < 1.29 is 19.4 Å². The Bertz CT molecular complexity index is 1230. The third kappa shape index (κ3) is 4.11. The summed E-state index contributed by atoms with van der Waals surface area (Å²) < 4.78 is 13.7. The molecule has 0 aliphatic carbocycles. The molecule has 0 atom stereocenters. The van der Waals surface area contributed by atoms with Gasteiger partial charge in [-0.2, -0.15) is 0 Å². The van der Waals surface area contributed by atoms with Gasteiger partial charge in [0.25, 0.3) is 0 Å². The first kappa shape index (κ1) is 21.6. The Morgan fingerprint density at radius 3 is 2.61 bits per heavy atom. The summed E-state index contributed by atoms with van der Waals surface area (Å²) in [7, 11) is 1.66. The molecule has 1 fully saturated rings. The number of carbonyl (C=O) groups is 1. The van der Waals surface area contributed by atoms with Gasteiger partial charge in [-0.25, -0.2) is 0 Å². The first-order valence-electron chi connectivity index (χ1n) is 11.7. The average Bonchev–Trinajstić information content (AvgIpc) is 3.10. The summed E-state index contributed by atoms with van der Waals surface area (Å²) >= 11 is 0. The van der Waals surface area contributed by atoms with E-state index in [1.165, 1.54) is 37.8 Å². The number of phenols is 1. The van der Waals surface area contributed by atoms with E-state index in [-0.39, 0.29) is 17.3 Å². The van der Waals surface area contributed by atoms with Crippen LogP contribution in [0.15, 0.2) is 42.2 Å². The maximum absolute atomic E-state index is 12.9. The molecule has 0 bridgehead atoms. The Labute approximate surface area is 194 Å². The van der Waals surface area contributed by atoms with Gasteiger partial charge in [0.05, 0.1) is 12.7 Å². The summed E-state index contributed by atoms with van der Waals surface area (Å²) in [5, 5.41) is 10.8. The first-order valence-corrected chi connectivity index (χ1v) is 11.7. The minimum atomic E-state index is -0.169. The number of ketones is 1. The molecule has 6 heteroatoms. The number of benzene rings is 2. The standard InChI is InChI=1S/C27H30N2O4/c1-18-22(17-26-27(31)21-9-7-19(30)15-25(21)33-26)23-16-20(32-2)8-10-24(23)29(18)14-13-28-11-5-3-4-6-12-28/h7-10,15-17,30H,3-6,11-14H2,1-2H3/b26-17-. The van der Waals surface area contributed by atoms with Gasteiger partial charge in [-0.3, -0.25) is 4.79 Å². The third-order valence-electron chi connectivity index (χ3n) is 6.85. The number of nitrogens with zero attached hydrogens (tertiary/aromatic N) is 2. The van der Waals surface area contributed by atoms with Crippen molar-refractivity contribution in [2.45, 2.75) is 39.2 Å². The molecule has 1 N–H and O–H groups in total. The summed E-state index contributed by atoms with van der Waals surface area (Å²) in [4.78, 5) is 15.5. The number of allylic oxidation sites excluding steroid dienone is 1. The number of fused-ring (bicyclic) bond motifs is 2. The Hall–Kier alpha value is -3.25. The van der Waals surface area contributed by atoms with E-state index in [9.17, 15) is 9.90 Å². The van der Waals surface area contributed by atoms with Crippen molar-refractivity contribution in [1.82, 2.24) is 9.47 Å². The highest BCUT2D eigenvalue weighted by atomic mass is 16.5. The van der Waals surface area contributed by atoms with E-state index >= 15 is 0 Å². The van der Waals surface area contributed by atoms with Crippen molar-refractivity contribution in [3.05, 3.63) is 59.0 Å². The molecular formula is C27H30N2O4. The number of Topliss-reactive ketones (excluding diaryl/α,β-unsaturated/α-hetero) is 1. The van der Waals surface area contributed by atoms with Crippen LogP contribution in [0, 0.1) is 6.92 Å². The van der Waals surface area contributed by atoms with E-state index in [0.29, 0.717) is 11.3 Å². The maximum atomic E-state index is 12.9. The predicted molar refractivity (Wildman–Crippen MR) is 129 cm³/mol. The molecule has 2 aliphatic rings. The minimum Gasteiger partial charge on any atom is -0.508 e. The van der Waals surface area contributed by atoms with E-state index < -0.39 is 0 Å². The molecule has 0 radical (unpaired) electrons. The molecule has 0 amide bonds. The second kappa shape index (κ2) is 8.94. The zero-order chi connectivity index (χ0) is 22.9. The normalized spacial score (nSPS) is 17.9. The largest absolute Gasteiger partial charge is 0.508 e. The van der Waals surface area contributed by atoms with Gasteiger partial charge in [0.15, 0.2) is 5.76 Å². The van der Waals surface area contributed by atoms with Crippen molar-refractivity contribution >= 4 is 22.8 Å². The number of aromatic nitrogens is 1. The summed E-state index contributed by atoms with van der Waals surface area (Å²) in [5.41, 5.74) is 3.64. The molecule has 2 aromatic carbocycles. The molecule has 2 aliphatic heterocycles. The number of carbonyl (C=O) groups excluding carboxylic acids is 1. The lowest BCUT2D eigenvalue weighted by Gasteiger charge is -2.21. The molecular weight excluding hydrogens is 416 g/mol. The van der Waals surface area contributed by atoms with E-state index in [0.717, 1.165) is 54.1 Å².